The first-order valence-corrected chi connectivity index (χ1v) is 5.69. The number of hydrogen-bond acceptors (Lipinski definition) is 4. The normalized spacial score (nSPS) is 24.1. The van der Waals surface area contributed by atoms with Crippen molar-refractivity contribution in [1.29, 1.82) is 0 Å². The van der Waals surface area contributed by atoms with Gasteiger partial charge in [-0.05, 0) is 6.42 Å². The molecule has 1 aromatic rings. The molecule has 2 bridgehead atoms. The Bertz CT molecular complexity index is 494. The molecule has 1 heterocycles. The van der Waals surface area contributed by atoms with Gasteiger partial charge in [0.2, 0.25) is 11.8 Å². The summed E-state index contributed by atoms with van der Waals surface area (Å²) in [5.41, 5.74) is 1.39. The Kier molecular flexibility index (Phi) is 1.98. The third-order valence-corrected chi connectivity index (χ3v) is 3.46. The Balaban J connectivity index is 2.06. The molecule has 17 heavy (non-hydrogen) atoms. The van der Waals surface area contributed by atoms with Crippen LogP contribution in [0.15, 0.2) is 12.2 Å². The highest BCUT2D eigenvalue weighted by molar-refractivity contribution is 5.70. The molecule has 2 aliphatic carbocycles. The van der Waals surface area contributed by atoms with E-state index in [0.29, 0.717) is 11.1 Å². The van der Waals surface area contributed by atoms with E-state index in [0.717, 1.165) is 11.2 Å². The number of aromatic hydroxyl groups is 2. The molecule has 5 heteroatoms. The van der Waals surface area contributed by atoms with Gasteiger partial charge in [0.25, 0.3) is 0 Å². The number of hydrogen-bond donors (Lipinski definition) is 2. The molecular formula is C12H13NO4. The van der Waals surface area contributed by atoms with Gasteiger partial charge in [-0.15, -0.1) is 4.73 Å². The molecule has 3 rings (SSSR count). The average molecular weight is 235 g/mol. The summed E-state index contributed by atoms with van der Waals surface area (Å²) < 4.78 is 0.836. The van der Waals surface area contributed by atoms with E-state index in [9.17, 15) is 15.0 Å². The van der Waals surface area contributed by atoms with Crippen molar-refractivity contribution in [2.24, 2.45) is 0 Å². The molecule has 0 fully saturated rings. The molecule has 2 unspecified atom stereocenters. The maximum atomic E-state index is 11.2. The van der Waals surface area contributed by atoms with E-state index in [1.165, 1.54) is 0 Å². The van der Waals surface area contributed by atoms with Gasteiger partial charge in [-0.25, -0.2) is 4.79 Å². The van der Waals surface area contributed by atoms with Crippen LogP contribution in [0.3, 0.4) is 0 Å². The number of rotatable bonds is 2. The summed E-state index contributed by atoms with van der Waals surface area (Å²) in [6.45, 7) is 1.65. The smallest absolute Gasteiger partial charge is 0.332 e. The third kappa shape index (κ3) is 1.22. The van der Waals surface area contributed by atoms with Gasteiger partial charge < -0.3 is 15.1 Å². The molecule has 0 amide bonds. The second-order valence-electron chi connectivity index (χ2n) is 4.42. The summed E-state index contributed by atoms with van der Waals surface area (Å²) in [7, 11) is 0. The van der Waals surface area contributed by atoms with Crippen molar-refractivity contribution < 1.29 is 19.8 Å². The zero-order chi connectivity index (χ0) is 12.2. The van der Waals surface area contributed by atoms with E-state index in [2.05, 4.69) is 0 Å². The maximum Gasteiger partial charge on any atom is 0.332 e. The molecular weight excluding hydrogens is 222 g/mol. The Morgan fingerprint density at radius 2 is 1.88 bits per heavy atom. The van der Waals surface area contributed by atoms with Gasteiger partial charge in [-0.1, -0.05) is 19.1 Å². The van der Waals surface area contributed by atoms with Gasteiger partial charge in [0.1, 0.15) is 0 Å². The van der Waals surface area contributed by atoms with Gasteiger partial charge >= 0.3 is 5.97 Å². The topological polar surface area (TPSA) is 71.7 Å². The van der Waals surface area contributed by atoms with Crippen LogP contribution in [0.4, 0.5) is 0 Å². The number of carbonyl (C=O) groups is 1. The van der Waals surface area contributed by atoms with Crippen molar-refractivity contribution in [3.63, 3.8) is 0 Å². The summed E-state index contributed by atoms with van der Waals surface area (Å²) >= 11 is 0. The predicted molar refractivity (Wildman–Crippen MR) is 58.9 cm³/mol. The zero-order valence-corrected chi connectivity index (χ0v) is 9.38. The molecule has 0 aromatic carbocycles. The monoisotopic (exact) mass is 235 g/mol. The number of aromatic nitrogens is 1. The van der Waals surface area contributed by atoms with Crippen LogP contribution in [0.25, 0.3) is 0 Å². The molecule has 5 nitrogen and oxygen atoms in total. The van der Waals surface area contributed by atoms with Crippen LogP contribution < -0.4 is 4.84 Å². The summed E-state index contributed by atoms with van der Waals surface area (Å²) in [6, 6.07) is 0. The number of carbonyl (C=O) groups excluding carboxylic acids is 1. The maximum absolute atomic E-state index is 11.2. The van der Waals surface area contributed by atoms with Crippen molar-refractivity contribution in [3.8, 4) is 11.8 Å². The van der Waals surface area contributed by atoms with E-state index in [1.807, 2.05) is 12.2 Å². The Morgan fingerprint density at radius 1 is 1.35 bits per heavy atom. The molecule has 2 aliphatic rings. The minimum Gasteiger partial charge on any atom is -0.492 e. The van der Waals surface area contributed by atoms with Gasteiger partial charge in [-0.2, -0.15) is 0 Å². The molecule has 1 aromatic heterocycles. The summed E-state index contributed by atoms with van der Waals surface area (Å²) in [4.78, 5) is 16.1. The average Bonchev–Trinajstić information content (AvgIpc) is 2.98. The zero-order valence-electron chi connectivity index (χ0n) is 9.38. The largest absolute Gasteiger partial charge is 0.492 e. The molecule has 0 saturated carbocycles. The Morgan fingerprint density at radius 3 is 2.35 bits per heavy atom. The Labute approximate surface area is 97.9 Å². The van der Waals surface area contributed by atoms with Gasteiger partial charge in [0, 0.05) is 29.4 Å². The molecule has 2 N–H and O–H groups in total. The van der Waals surface area contributed by atoms with Crippen LogP contribution in [0.2, 0.25) is 0 Å². The number of allylic oxidation sites excluding steroid dienone is 2. The predicted octanol–water partition coefficient (Wildman–Crippen LogP) is 1.41. The fraction of sp³-hybridized carbons (Fsp3) is 0.417. The summed E-state index contributed by atoms with van der Waals surface area (Å²) in [6.07, 6.45) is 5.09. The van der Waals surface area contributed by atoms with Crippen LogP contribution in [0, 0.1) is 0 Å². The lowest BCUT2D eigenvalue weighted by Crippen LogP contribution is -2.18. The standard InChI is InChI=1S/C12H13NO4/c1-2-8(14)17-13-11(15)9-6-3-4-7(5-6)10(9)12(13)16/h3-4,6-7,15-16H,2,5H2,1H3. The van der Waals surface area contributed by atoms with Crippen molar-refractivity contribution in [1.82, 2.24) is 4.73 Å². The molecule has 0 radical (unpaired) electrons. The first kappa shape index (κ1) is 10.3. The molecule has 2 atom stereocenters. The van der Waals surface area contributed by atoms with E-state index >= 15 is 0 Å². The van der Waals surface area contributed by atoms with Gasteiger partial charge in [0.05, 0.1) is 0 Å². The lowest BCUT2D eigenvalue weighted by atomic mass is 10.0. The molecule has 0 spiro atoms. The second-order valence-corrected chi connectivity index (χ2v) is 4.42. The van der Waals surface area contributed by atoms with Gasteiger partial charge in [-0.3, -0.25) is 0 Å². The van der Waals surface area contributed by atoms with Crippen molar-refractivity contribution >= 4 is 5.97 Å². The van der Waals surface area contributed by atoms with Crippen LogP contribution in [0.5, 0.6) is 11.8 Å². The van der Waals surface area contributed by atoms with E-state index in [4.69, 9.17) is 4.84 Å². The lowest BCUT2D eigenvalue weighted by Gasteiger charge is -2.08. The SMILES string of the molecule is CCC(=O)On1c(O)c2c(c1O)C1C=CC2C1. The minimum absolute atomic E-state index is 0.127. The quantitative estimate of drug-likeness (QED) is 0.760. The lowest BCUT2D eigenvalue weighted by molar-refractivity contribution is -0.145. The van der Waals surface area contributed by atoms with Crippen LogP contribution in [-0.2, 0) is 4.79 Å². The fourth-order valence-electron chi connectivity index (χ4n) is 2.67. The highest BCUT2D eigenvalue weighted by Gasteiger charge is 2.41. The van der Waals surface area contributed by atoms with Crippen LogP contribution in [0.1, 0.15) is 42.7 Å². The summed E-state index contributed by atoms with van der Waals surface area (Å²) in [5.74, 6) is -0.554. The van der Waals surface area contributed by atoms with Gasteiger partial charge in [0.15, 0.2) is 0 Å². The summed E-state index contributed by atoms with van der Waals surface area (Å²) in [5, 5.41) is 20.0. The molecule has 0 aliphatic heterocycles. The fourth-order valence-corrected chi connectivity index (χ4v) is 2.67. The van der Waals surface area contributed by atoms with Crippen LogP contribution in [-0.4, -0.2) is 20.9 Å². The van der Waals surface area contributed by atoms with E-state index in [1.54, 1.807) is 6.92 Å². The van der Waals surface area contributed by atoms with Crippen LogP contribution >= 0.6 is 0 Å². The van der Waals surface area contributed by atoms with E-state index in [-0.39, 0.29) is 30.0 Å². The minimum atomic E-state index is -0.496. The second kappa shape index (κ2) is 3.29. The van der Waals surface area contributed by atoms with Crippen molar-refractivity contribution in [2.45, 2.75) is 31.6 Å². The first-order chi connectivity index (χ1) is 8.13. The van der Waals surface area contributed by atoms with Crippen molar-refractivity contribution in [2.75, 3.05) is 0 Å². The number of fused-ring (bicyclic) bond motifs is 5. The highest BCUT2D eigenvalue weighted by atomic mass is 16.7. The molecule has 90 valence electrons. The third-order valence-electron chi connectivity index (χ3n) is 3.46. The van der Waals surface area contributed by atoms with Crippen molar-refractivity contribution in [3.05, 3.63) is 23.3 Å². The first-order valence-electron chi connectivity index (χ1n) is 5.69. The molecule has 0 saturated heterocycles. The number of nitrogens with zero attached hydrogens (tertiary/aromatic N) is 1. The highest BCUT2D eigenvalue weighted by Crippen LogP contribution is 2.56. The van der Waals surface area contributed by atoms with E-state index < -0.39 is 5.97 Å². The Hall–Kier alpha value is -1.91.